The van der Waals surface area contributed by atoms with Crippen molar-refractivity contribution in [3.63, 3.8) is 0 Å². The van der Waals surface area contributed by atoms with Crippen molar-refractivity contribution in [2.24, 2.45) is 0 Å². The van der Waals surface area contributed by atoms with Crippen molar-refractivity contribution in [3.8, 4) is 17.5 Å². The first-order chi connectivity index (χ1) is 14.7. The summed E-state index contributed by atoms with van der Waals surface area (Å²) in [7, 11) is 0. The van der Waals surface area contributed by atoms with E-state index in [9.17, 15) is 9.18 Å². The molecule has 1 heterocycles. The number of hydrogen-bond donors (Lipinski definition) is 1. The van der Waals surface area contributed by atoms with Crippen LogP contribution in [0.4, 0.5) is 4.39 Å². The van der Waals surface area contributed by atoms with Gasteiger partial charge in [0.25, 0.3) is 0 Å². The zero-order valence-electron chi connectivity index (χ0n) is 16.3. The van der Waals surface area contributed by atoms with Gasteiger partial charge in [-0.2, -0.15) is 22.0 Å². The highest BCUT2D eigenvalue weighted by Gasteiger charge is 2.10. The standard InChI is InChI=1S/C22H21FN4O2S/c23-19-10-8-16(9-11-19)22-26-21(29-27-22)7-3-6-20(28)25-12-13-30-15-18-5-2-1-4-17(18)14-24/h1-2,4-5,8-11H,3,6-7,12-13,15H2,(H,25,28). The van der Waals surface area contributed by atoms with Gasteiger partial charge >= 0.3 is 0 Å². The predicted molar refractivity (Wildman–Crippen MR) is 113 cm³/mol. The molecule has 8 heteroatoms. The minimum Gasteiger partial charge on any atom is -0.355 e. The lowest BCUT2D eigenvalue weighted by atomic mass is 10.1. The Hall–Kier alpha value is -3.18. The zero-order valence-corrected chi connectivity index (χ0v) is 17.1. The number of aromatic nitrogens is 2. The van der Waals surface area contributed by atoms with E-state index in [0.717, 1.165) is 17.1 Å². The maximum absolute atomic E-state index is 13.0. The summed E-state index contributed by atoms with van der Waals surface area (Å²) < 4.78 is 18.2. The number of thioether (sulfide) groups is 1. The average molecular weight is 425 g/mol. The van der Waals surface area contributed by atoms with Gasteiger partial charge in [0.05, 0.1) is 11.6 Å². The van der Waals surface area contributed by atoms with Gasteiger partial charge in [-0.3, -0.25) is 4.79 Å². The average Bonchev–Trinajstić information content (AvgIpc) is 3.23. The van der Waals surface area contributed by atoms with E-state index in [-0.39, 0.29) is 11.7 Å². The second kappa shape index (κ2) is 11.1. The van der Waals surface area contributed by atoms with Crippen LogP contribution in [0.5, 0.6) is 0 Å². The van der Waals surface area contributed by atoms with Crippen LogP contribution in [0.1, 0.15) is 29.9 Å². The summed E-state index contributed by atoms with van der Waals surface area (Å²) in [6, 6.07) is 15.6. The van der Waals surface area contributed by atoms with E-state index >= 15 is 0 Å². The monoisotopic (exact) mass is 424 g/mol. The second-order valence-electron chi connectivity index (χ2n) is 6.54. The summed E-state index contributed by atoms with van der Waals surface area (Å²) in [5.41, 5.74) is 2.38. The van der Waals surface area contributed by atoms with Gasteiger partial charge in [0, 0.05) is 36.5 Å². The van der Waals surface area contributed by atoms with Gasteiger partial charge in [-0.15, -0.1) is 0 Å². The van der Waals surface area contributed by atoms with Gasteiger partial charge in [0.15, 0.2) is 0 Å². The molecule has 0 saturated carbocycles. The fraction of sp³-hybridized carbons (Fsp3) is 0.273. The van der Waals surface area contributed by atoms with Crippen LogP contribution in [-0.4, -0.2) is 28.3 Å². The van der Waals surface area contributed by atoms with Crippen molar-refractivity contribution in [1.29, 1.82) is 5.26 Å². The van der Waals surface area contributed by atoms with E-state index in [2.05, 4.69) is 21.5 Å². The summed E-state index contributed by atoms with van der Waals surface area (Å²) in [5, 5.41) is 15.9. The van der Waals surface area contributed by atoms with E-state index in [4.69, 9.17) is 9.78 Å². The Kier molecular flexibility index (Phi) is 7.98. The molecule has 0 spiro atoms. The molecule has 3 aromatic rings. The summed E-state index contributed by atoms with van der Waals surface area (Å²) in [4.78, 5) is 16.2. The molecule has 0 fully saturated rings. The van der Waals surface area contributed by atoms with Crippen LogP contribution >= 0.6 is 11.8 Å². The molecule has 1 amide bonds. The van der Waals surface area contributed by atoms with Crippen LogP contribution in [0.25, 0.3) is 11.4 Å². The number of halogens is 1. The Balaban J connectivity index is 1.31. The molecule has 0 radical (unpaired) electrons. The molecule has 0 aliphatic heterocycles. The molecule has 0 atom stereocenters. The number of carbonyl (C=O) groups is 1. The van der Waals surface area contributed by atoms with E-state index in [1.807, 2.05) is 24.3 Å². The maximum atomic E-state index is 13.0. The molecule has 0 aliphatic carbocycles. The minimum absolute atomic E-state index is 0.0219. The summed E-state index contributed by atoms with van der Waals surface area (Å²) in [6.45, 7) is 0.577. The van der Waals surface area contributed by atoms with E-state index in [1.54, 1.807) is 23.9 Å². The normalized spacial score (nSPS) is 10.5. The lowest BCUT2D eigenvalue weighted by Crippen LogP contribution is -2.25. The molecule has 0 bridgehead atoms. The highest BCUT2D eigenvalue weighted by Crippen LogP contribution is 2.17. The third-order valence-electron chi connectivity index (χ3n) is 4.33. The van der Waals surface area contributed by atoms with Crippen molar-refractivity contribution in [2.45, 2.75) is 25.0 Å². The third kappa shape index (κ3) is 6.42. The first kappa shape index (κ1) is 21.5. The fourth-order valence-corrected chi connectivity index (χ4v) is 3.62. The van der Waals surface area contributed by atoms with Crippen LogP contribution < -0.4 is 5.32 Å². The number of aryl methyl sites for hydroxylation is 1. The number of benzene rings is 2. The number of rotatable bonds is 10. The molecular weight excluding hydrogens is 403 g/mol. The van der Waals surface area contributed by atoms with Crippen molar-refractivity contribution in [2.75, 3.05) is 12.3 Å². The lowest BCUT2D eigenvalue weighted by Gasteiger charge is -2.06. The van der Waals surface area contributed by atoms with E-state index in [1.165, 1.54) is 12.1 Å². The number of nitrogens with one attached hydrogen (secondary N) is 1. The molecule has 0 unspecified atom stereocenters. The molecule has 0 saturated heterocycles. The Morgan fingerprint density at radius 2 is 2.00 bits per heavy atom. The Morgan fingerprint density at radius 3 is 2.80 bits per heavy atom. The maximum Gasteiger partial charge on any atom is 0.226 e. The number of hydrogen-bond acceptors (Lipinski definition) is 6. The highest BCUT2D eigenvalue weighted by atomic mass is 32.2. The number of nitriles is 1. The molecule has 6 nitrogen and oxygen atoms in total. The number of amides is 1. The smallest absolute Gasteiger partial charge is 0.226 e. The Labute approximate surface area is 178 Å². The van der Waals surface area contributed by atoms with Gasteiger partial charge in [-0.05, 0) is 42.3 Å². The molecule has 154 valence electrons. The van der Waals surface area contributed by atoms with Crippen molar-refractivity contribution < 1.29 is 13.7 Å². The molecular formula is C22H21FN4O2S. The molecule has 2 aromatic carbocycles. The van der Waals surface area contributed by atoms with Crippen LogP contribution in [0.2, 0.25) is 0 Å². The van der Waals surface area contributed by atoms with Gasteiger partial charge in [0.2, 0.25) is 17.6 Å². The Morgan fingerprint density at radius 1 is 1.20 bits per heavy atom. The van der Waals surface area contributed by atoms with Crippen molar-refractivity contribution in [3.05, 3.63) is 71.4 Å². The minimum atomic E-state index is -0.320. The third-order valence-corrected chi connectivity index (χ3v) is 5.34. The molecule has 1 aromatic heterocycles. The molecule has 1 N–H and O–H groups in total. The van der Waals surface area contributed by atoms with Crippen LogP contribution in [0, 0.1) is 17.1 Å². The van der Waals surface area contributed by atoms with E-state index in [0.29, 0.717) is 48.6 Å². The van der Waals surface area contributed by atoms with Crippen LogP contribution in [-0.2, 0) is 17.0 Å². The van der Waals surface area contributed by atoms with Crippen molar-refractivity contribution in [1.82, 2.24) is 15.5 Å². The van der Waals surface area contributed by atoms with Gasteiger partial charge in [-0.25, -0.2) is 4.39 Å². The van der Waals surface area contributed by atoms with Crippen molar-refractivity contribution >= 4 is 17.7 Å². The molecule has 3 rings (SSSR count). The predicted octanol–water partition coefficient (Wildman–Crippen LogP) is 4.12. The first-order valence-electron chi connectivity index (χ1n) is 9.56. The number of carbonyl (C=O) groups excluding carboxylic acids is 1. The van der Waals surface area contributed by atoms with Gasteiger partial charge in [0.1, 0.15) is 5.82 Å². The fourth-order valence-electron chi connectivity index (χ4n) is 2.76. The summed E-state index contributed by atoms with van der Waals surface area (Å²) in [5.74, 6) is 2.03. The van der Waals surface area contributed by atoms with Gasteiger partial charge in [-0.1, -0.05) is 23.4 Å². The largest absolute Gasteiger partial charge is 0.355 e. The highest BCUT2D eigenvalue weighted by molar-refractivity contribution is 7.98. The molecule has 0 aliphatic rings. The zero-order chi connectivity index (χ0) is 21.2. The van der Waals surface area contributed by atoms with Gasteiger partial charge < -0.3 is 9.84 Å². The lowest BCUT2D eigenvalue weighted by molar-refractivity contribution is -0.121. The summed E-state index contributed by atoms with van der Waals surface area (Å²) in [6.07, 6.45) is 1.47. The summed E-state index contributed by atoms with van der Waals surface area (Å²) >= 11 is 1.68. The second-order valence-corrected chi connectivity index (χ2v) is 7.65. The first-order valence-corrected chi connectivity index (χ1v) is 10.7. The number of nitrogens with zero attached hydrogens (tertiary/aromatic N) is 3. The topological polar surface area (TPSA) is 91.8 Å². The quantitative estimate of drug-likeness (QED) is 0.492. The van der Waals surface area contributed by atoms with Crippen LogP contribution in [0.15, 0.2) is 53.1 Å². The Bertz CT molecular complexity index is 1010. The molecule has 30 heavy (non-hydrogen) atoms. The SMILES string of the molecule is N#Cc1ccccc1CSCCNC(=O)CCCc1nc(-c2ccc(F)cc2)no1. The van der Waals surface area contributed by atoms with Crippen LogP contribution in [0.3, 0.4) is 0 Å². The van der Waals surface area contributed by atoms with E-state index < -0.39 is 0 Å².